The van der Waals surface area contributed by atoms with Crippen LogP contribution < -0.4 is 15.8 Å². The molecule has 0 radical (unpaired) electrons. The Morgan fingerprint density at radius 3 is 2.46 bits per heavy atom. The van der Waals surface area contributed by atoms with Crippen LogP contribution in [0.25, 0.3) is 0 Å². The minimum absolute atomic E-state index is 0.132. The lowest BCUT2D eigenvalue weighted by Crippen LogP contribution is -2.46. The van der Waals surface area contributed by atoms with E-state index in [9.17, 15) is 4.79 Å². The van der Waals surface area contributed by atoms with Gasteiger partial charge in [-0.3, -0.25) is 14.7 Å². The summed E-state index contributed by atoms with van der Waals surface area (Å²) in [6, 6.07) is 9.88. The summed E-state index contributed by atoms with van der Waals surface area (Å²) in [7, 11) is 0. The van der Waals surface area contributed by atoms with Gasteiger partial charge in [0.1, 0.15) is 0 Å². The normalized spacial score (nSPS) is 15.5. The Kier molecular flexibility index (Phi) is 5.93. The van der Waals surface area contributed by atoms with Gasteiger partial charge in [0.25, 0.3) is 5.56 Å². The molecule has 6 heteroatoms. The van der Waals surface area contributed by atoms with E-state index in [1.807, 2.05) is 26.0 Å². The Bertz CT molecular complexity index is 761. The van der Waals surface area contributed by atoms with E-state index in [1.165, 1.54) is 18.7 Å². The fourth-order valence-corrected chi connectivity index (χ4v) is 3.27. The van der Waals surface area contributed by atoms with Crippen LogP contribution in [0.2, 0.25) is 0 Å². The zero-order chi connectivity index (χ0) is 18.5. The SMILES string of the molecule is CCCN1CCN(c2ccc(Nc3nc(C(C)C)cc(=O)[nH]3)cc2)CC1. The summed E-state index contributed by atoms with van der Waals surface area (Å²) in [5.41, 5.74) is 2.82. The highest BCUT2D eigenvalue weighted by Crippen LogP contribution is 2.21. The molecular weight excluding hydrogens is 326 g/mol. The number of benzene rings is 1. The Balaban J connectivity index is 1.64. The smallest absolute Gasteiger partial charge is 0.252 e. The third-order valence-corrected chi connectivity index (χ3v) is 4.76. The van der Waals surface area contributed by atoms with Crippen molar-refractivity contribution in [3.05, 3.63) is 46.4 Å². The van der Waals surface area contributed by atoms with Crippen molar-refractivity contribution < 1.29 is 0 Å². The number of aromatic amines is 1. The van der Waals surface area contributed by atoms with Crippen molar-refractivity contribution in [2.75, 3.05) is 42.9 Å². The van der Waals surface area contributed by atoms with Crippen molar-refractivity contribution in [2.45, 2.75) is 33.1 Å². The van der Waals surface area contributed by atoms with Crippen LogP contribution in [-0.2, 0) is 0 Å². The van der Waals surface area contributed by atoms with Crippen LogP contribution in [0.1, 0.15) is 38.8 Å². The molecule has 26 heavy (non-hydrogen) atoms. The Morgan fingerprint density at radius 1 is 1.15 bits per heavy atom. The molecule has 0 atom stereocenters. The monoisotopic (exact) mass is 355 g/mol. The minimum Gasteiger partial charge on any atom is -0.369 e. The van der Waals surface area contributed by atoms with E-state index in [1.54, 1.807) is 6.07 Å². The zero-order valence-corrected chi connectivity index (χ0v) is 16.0. The van der Waals surface area contributed by atoms with Crippen molar-refractivity contribution in [3.8, 4) is 0 Å². The number of hydrogen-bond acceptors (Lipinski definition) is 5. The molecule has 6 nitrogen and oxygen atoms in total. The first-order valence-corrected chi connectivity index (χ1v) is 9.51. The van der Waals surface area contributed by atoms with Crippen LogP contribution in [0.4, 0.5) is 17.3 Å². The van der Waals surface area contributed by atoms with Gasteiger partial charge in [0.15, 0.2) is 0 Å². The van der Waals surface area contributed by atoms with Gasteiger partial charge >= 0.3 is 0 Å². The molecule has 0 saturated carbocycles. The van der Waals surface area contributed by atoms with Crippen molar-refractivity contribution in [3.63, 3.8) is 0 Å². The van der Waals surface area contributed by atoms with Gasteiger partial charge in [-0.05, 0) is 43.1 Å². The van der Waals surface area contributed by atoms with Crippen LogP contribution in [-0.4, -0.2) is 47.6 Å². The largest absolute Gasteiger partial charge is 0.369 e. The highest BCUT2D eigenvalue weighted by Gasteiger charge is 2.16. The van der Waals surface area contributed by atoms with Crippen LogP contribution in [0.3, 0.4) is 0 Å². The predicted molar refractivity (Wildman–Crippen MR) is 108 cm³/mol. The number of anilines is 3. The fourth-order valence-electron chi connectivity index (χ4n) is 3.27. The second-order valence-corrected chi connectivity index (χ2v) is 7.17. The van der Waals surface area contributed by atoms with Gasteiger partial charge in [-0.25, -0.2) is 4.98 Å². The number of hydrogen-bond donors (Lipinski definition) is 2. The first-order chi connectivity index (χ1) is 12.5. The highest BCUT2D eigenvalue weighted by atomic mass is 16.1. The lowest BCUT2D eigenvalue weighted by Gasteiger charge is -2.36. The molecule has 0 spiro atoms. The summed E-state index contributed by atoms with van der Waals surface area (Å²) in [6.07, 6.45) is 1.22. The molecule has 0 bridgehead atoms. The molecule has 1 aromatic heterocycles. The summed E-state index contributed by atoms with van der Waals surface area (Å²) in [5.74, 6) is 0.703. The minimum atomic E-state index is -0.132. The van der Waals surface area contributed by atoms with Gasteiger partial charge in [-0.1, -0.05) is 20.8 Å². The molecule has 140 valence electrons. The third-order valence-electron chi connectivity index (χ3n) is 4.76. The van der Waals surface area contributed by atoms with Crippen molar-refractivity contribution in [2.24, 2.45) is 0 Å². The van der Waals surface area contributed by atoms with E-state index in [2.05, 4.69) is 44.1 Å². The maximum Gasteiger partial charge on any atom is 0.252 e. The number of aromatic nitrogens is 2. The van der Waals surface area contributed by atoms with Gasteiger partial charge < -0.3 is 10.2 Å². The highest BCUT2D eigenvalue weighted by molar-refractivity contribution is 5.59. The maximum atomic E-state index is 11.8. The summed E-state index contributed by atoms with van der Waals surface area (Å²) in [5, 5.41) is 3.20. The first kappa shape index (κ1) is 18.5. The first-order valence-electron chi connectivity index (χ1n) is 9.51. The number of H-pyrrole nitrogens is 1. The number of piperazine rings is 1. The summed E-state index contributed by atoms with van der Waals surface area (Å²) < 4.78 is 0. The molecule has 0 aliphatic carbocycles. The van der Waals surface area contributed by atoms with Gasteiger partial charge in [-0.2, -0.15) is 0 Å². The van der Waals surface area contributed by atoms with Crippen molar-refractivity contribution >= 4 is 17.3 Å². The van der Waals surface area contributed by atoms with Gasteiger partial charge in [0, 0.05) is 43.6 Å². The van der Waals surface area contributed by atoms with E-state index < -0.39 is 0 Å². The Hall–Kier alpha value is -2.34. The zero-order valence-electron chi connectivity index (χ0n) is 16.0. The predicted octanol–water partition coefficient (Wildman–Crippen LogP) is 3.17. The average molecular weight is 355 g/mol. The molecule has 2 aromatic rings. The Morgan fingerprint density at radius 2 is 1.85 bits per heavy atom. The van der Waals surface area contributed by atoms with Crippen molar-refractivity contribution in [1.82, 2.24) is 14.9 Å². The van der Waals surface area contributed by atoms with Gasteiger partial charge in [-0.15, -0.1) is 0 Å². The quantitative estimate of drug-likeness (QED) is 0.833. The van der Waals surface area contributed by atoms with E-state index in [0.29, 0.717) is 5.95 Å². The molecule has 1 aromatic carbocycles. The number of rotatable bonds is 6. The molecule has 1 aliphatic heterocycles. The third kappa shape index (κ3) is 4.64. The van der Waals surface area contributed by atoms with Gasteiger partial charge in [0.2, 0.25) is 5.95 Å². The second kappa shape index (κ2) is 8.36. The average Bonchev–Trinajstić information content (AvgIpc) is 2.63. The fraction of sp³-hybridized carbons (Fsp3) is 0.500. The topological polar surface area (TPSA) is 64.3 Å². The number of nitrogens with zero attached hydrogens (tertiary/aromatic N) is 3. The molecule has 1 saturated heterocycles. The summed E-state index contributed by atoms with van der Waals surface area (Å²) >= 11 is 0. The van der Waals surface area contributed by atoms with E-state index in [0.717, 1.165) is 37.6 Å². The molecule has 0 unspecified atom stereocenters. The molecule has 1 fully saturated rings. The van der Waals surface area contributed by atoms with E-state index in [4.69, 9.17) is 0 Å². The summed E-state index contributed by atoms with van der Waals surface area (Å²) in [6.45, 7) is 11.9. The molecule has 2 heterocycles. The van der Waals surface area contributed by atoms with Gasteiger partial charge in [0.05, 0.1) is 5.69 Å². The molecule has 1 aliphatic rings. The molecular formula is C20H29N5O. The number of nitrogens with one attached hydrogen (secondary N) is 2. The van der Waals surface area contributed by atoms with E-state index >= 15 is 0 Å². The lowest BCUT2D eigenvalue weighted by molar-refractivity contribution is 0.258. The standard InChI is InChI=1S/C20H29N5O/c1-4-9-24-10-12-25(13-11-24)17-7-5-16(6-8-17)21-20-22-18(15(2)3)14-19(26)23-20/h5-8,14-15H,4,9-13H2,1-3H3,(H2,21,22,23,26). The molecule has 2 N–H and O–H groups in total. The van der Waals surface area contributed by atoms with Crippen LogP contribution in [0.15, 0.2) is 35.1 Å². The lowest BCUT2D eigenvalue weighted by atomic mass is 10.1. The molecule has 3 rings (SSSR count). The van der Waals surface area contributed by atoms with E-state index in [-0.39, 0.29) is 11.5 Å². The van der Waals surface area contributed by atoms with Crippen LogP contribution in [0, 0.1) is 0 Å². The summed E-state index contributed by atoms with van der Waals surface area (Å²) in [4.78, 5) is 24.0. The van der Waals surface area contributed by atoms with Crippen LogP contribution >= 0.6 is 0 Å². The molecule has 0 amide bonds. The Labute approximate surface area is 155 Å². The second-order valence-electron chi connectivity index (χ2n) is 7.17. The maximum absolute atomic E-state index is 11.8. The van der Waals surface area contributed by atoms with Crippen molar-refractivity contribution in [1.29, 1.82) is 0 Å². The van der Waals surface area contributed by atoms with Crippen LogP contribution in [0.5, 0.6) is 0 Å².